The van der Waals surface area contributed by atoms with E-state index >= 15 is 0 Å². The van der Waals surface area contributed by atoms with Crippen molar-refractivity contribution in [2.45, 2.75) is 44.9 Å². The average molecular weight is 350 g/mol. The van der Waals surface area contributed by atoms with Gasteiger partial charge in [-0.05, 0) is 37.3 Å². The Morgan fingerprint density at radius 2 is 1.54 bits per heavy atom. The lowest BCUT2D eigenvalue weighted by Gasteiger charge is -2.12. The molecule has 2 aromatic carbocycles. The Kier molecular flexibility index (Phi) is 8.40. The molecular weight excluding hydrogens is 324 g/mol. The zero-order chi connectivity index (χ0) is 18.6. The lowest BCUT2D eigenvalue weighted by Crippen LogP contribution is -1.92. The smallest absolute Gasteiger partial charge is 0.127 e. The van der Waals surface area contributed by atoms with E-state index < -0.39 is 0 Å². The molecule has 2 rings (SSSR count). The molecule has 0 atom stereocenters. The van der Waals surface area contributed by atoms with E-state index in [4.69, 9.17) is 9.84 Å². The minimum absolute atomic E-state index is 0.0652. The van der Waals surface area contributed by atoms with Gasteiger partial charge in [0.25, 0.3) is 0 Å². The van der Waals surface area contributed by atoms with Crippen molar-refractivity contribution in [1.29, 1.82) is 0 Å². The molecule has 26 heavy (non-hydrogen) atoms. The molecule has 0 saturated carbocycles. The van der Waals surface area contributed by atoms with Crippen molar-refractivity contribution >= 4 is 10.8 Å². The van der Waals surface area contributed by atoms with E-state index in [1.807, 2.05) is 30.3 Å². The lowest BCUT2D eigenvalue weighted by molar-refractivity contribution is 0.350. The number of unbranched alkanes of at least 4 members (excludes halogenated alkanes) is 4. The molecule has 0 aromatic heterocycles. The second-order valence-corrected chi connectivity index (χ2v) is 6.06. The second kappa shape index (κ2) is 11.1. The molecule has 0 unspecified atom stereocenters. The number of ether oxygens (including phenoxy) is 1. The third kappa shape index (κ3) is 5.73. The highest BCUT2D eigenvalue weighted by atomic mass is 16.5. The predicted octanol–water partition coefficient (Wildman–Crippen LogP) is 4.44. The molecule has 0 bridgehead atoms. The minimum Gasteiger partial charge on any atom is -0.507 e. The first kappa shape index (κ1) is 19.7. The standard InChI is InChI=1S/C23H26O3/c1-26-22-18-19(23(25)21-16-12-11-15-20(21)22)14-10-8-6-4-2-3-5-7-9-13-17-24/h11-12,15-16,18,24-25H,3,5-8,10,14,17H2,1H3. The quantitative estimate of drug-likeness (QED) is 0.573. The van der Waals surface area contributed by atoms with Crippen molar-refractivity contribution in [1.82, 2.24) is 0 Å². The van der Waals surface area contributed by atoms with Crippen LogP contribution in [0.25, 0.3) is 10.8 Å². The van der Waals surface area contributed by atoms with Crippen LogP contribution in [0, 0.1) is 23.7 Å². The summed E-state index contributed by atoms with van der Waals surface area (Å²) in [5.74, 6) is 13.0. The summed E-state index contributed by atoms with van der Waals surface area (Å²) in [6, 6.07) is 9.70. The summed E-state index contributed by atoms with van der Waals surface area (Å²) in [4.78, 5) is 0. The van der Waals surface area contributed by atoms with E-state index in [-0.39, 0.29) is 6.61 Å². The average Bonchev–Trinajstić information content (AvgIpc) is 2.68. The number of methoxy groups -OCH3 is 1. The molecule has 0 aliphatic rings. The third-order valence-corrected chi connectivity index (χ3v) is 4.21. The topological polar surface area (TPSA) is 49.7 Å². The fourth-order valence-electron chi connectivity index (χ4n) is 2.86. The summed E-state index contributed by atoms with van der Waals surface area (Å²) in [5, 5.41) is 20.8. The number of aliphatic hydroxyl groups is 1. The van der Waals surface area contributed by atoms with Crippen molar-refractivity contribution in [3.63, 3.8) is 0 Å². The van der Waals surface area contributed by atoms with Gasteiger partial charge in [-0.2, -0.15) is 0 Å². The van der Waals surface area contributed by atoms with Gasteiger partial charge < -0.3 is 14.9 Å². The molecule has 136 valence electrons. The maximum atomic E-state index is 10.5. The monoisotopic (exact) mass is 350 g/mol. The van der Waals surface area contributed by atoms with Crippen LogP contribution < -0.4 is 4.74 Å². The first-order valence-electron chi connectivity index (χ1n) is 9.07. The fraction of sp³-hybridized carbons (Fsp3) is 0.391. The maximum Gasteiger partial charge on any atom is 0.127 e. The van der Waals surface area contributed by atoms with Gasteiger partial charge in [-0.15, -0.1) is 17.8 Å². The highest BCUT2D eigenvalue weighted by Gasteiger charge is 2.11. The summed E-state index contributed by atoms with van der Waals surface area (Å²) < 4.78 is 5.47. The van der Waals surface area contributed by atoms with Gasteiger partial charge in [-0.3, -0.25) is 0 Å². The van der Waals surface area contributed by atoms with E-state index in [2.05, 4.69) is 23.7 Å². The normalized spacial score (nSPS) is 9.92. The van der Waals surface area contributed by atoms with Gasteiger partial charge >= 0.3 is 0 Å². The Balaban J connectivity index is 1.81. The minimum atomic E-state index is -0.0652. The number of hydrogen-bond donors (Lipinski definition) is 2. The van der Waals surface area contributed by atoms with Gasteiger partial charge in [0.05, 0.1) is 7.11 Å². The number of hydrogen-bond acceptors (Lipinski definition) is 3. The van der Waals surface area contributed by atoms with Crippen LogP contribution in [0.2, 0.25) is 0 Å². The SMILES string of the molecule is COc1cc(CCCCC#CCCCC#CCO)c(O)c2ccccc12. The van der Waals surface area contributed by atoms with Crippen LogP contribution >= 0.6 is 0 Å². The molecular formula is C23H26O3. The van der Waals surface area contributed by atoms with Gasteiger partial charge in [-0.25, -0.2) is 0 Å². The molecule has 0 amide bonds. The van der Waals surface area contributed by atoms with Crippen molar-refractivity contribution < 1.29 is 14.9 Å². The first-order chi connectivity index (χ1) is 12.8. The Morgan fingerprint density at radius 3 is 2.23 bits per heavy atom. The van der Waals surface area contributed by atoms with Gasteiger partial charge in [0.15, 0.2) is 0 Å². The summed E-state index contributed by atoms with van der Waals surface area (Å²) in [7, 11) is 1.66. The number of fused-ring (bicyclic) bond motifs is 1. The number of rotatable bonds is 7. The predicted molar refractivity (Wildman–Crippen MR) is 106 cm³/mol. The molecule has 0 radical (unpaired) electrons. The van der Waals surface area contributed by atoms with E-state index in [1.54, 1.807) is 7.11 Å². The van der Waals surface area contributed by atoms with Crippen LogP contribution in [-0.2, 0) is 6.42 Å². The Labute approximate surface area is 156 Å². The summed E-state index contributed by atoms with van der Waals surface area (Å²) in [5.41, 5.74) is 0.927. The Morgan fingerprint density at radius 1 is 0.885 bits per heavy atom. The summed E-state index contributed by atoms with van der Waals surface area (Å²) in [6.45, 7) is -0.0652. The molecule has 2 aromatic rings. The molecule has 0 aliphatic carbocycles. The third-order valence-electron chi connectivity index (χ3n) is 4.21. The highest BCUT2D eigenvalue weighted by molar-refractivity contribution is 5.94. The van der Waals surface area contributed by atoms with E-state index in [0.717, 1.165) is 67.0 Å². The molecule has 0 fully saturated rings. The van der Waals surface area contributed by atoms with Crippen LogP contribution in [0.3, 0.4) is 0 Å². The van der Waals surface area contributed by atoms with Gasteiger partial charge in [-0.1, -0.05) is 30.2 Å². The number of aryl methyl sites for hydroxylation is 1. The molecule has 0 saturated heterocycles. The van der Waals surface area contributed by atoms with Crippen molar-refractivity contribution in [3.05, 3.63) is 35.9 Å². The van der Waals surface area contributed by atoms with Crippen LogP contribution in [0.4, 0.5) is 0 Å². The number of aliphatic hydroxyl groups excluding tert-OH is 1. The second-order valence-electron chi connectivity index (χ2n) is 6.06. The molecule has 3 heteroatoms. The highest BCUT2D eigenvalue weighted by Crippen LogP contribution is 2.36. The van der Waals surface area contributed by atoms with Crippen molar-refractivity contribution in [3.8, 4) is 35.2 Å². The summed E-state index contributed by atoms with van der Waals surface area (Å²) in [6.07, 6.45) is 6.25. The largest absolute Gasteiger partial charge is 0.507 e. The van der Waals surface area contributed by atoms with Crippen LogP contribution in [0.15, 0.2) is 30.3 Å². The van der Waals surface area contributed by atoms with Gasteiger partial charge in [0.1, 0.15) is 18.1 Å². The van der Waals surface area contributed by atoms with Crippen LogP contribution in [0.1, 0.15) is 44.1 Å². The van der Waals surface area contributed by atoms with E-state index in [1.165, 1.54) is 0 Å². The number of aromatic hydroxyl groups is 1. The summed E-state index contributed by atoms with van der Waals surface area (Å²) >= 11 is 0. The molecule has 0 aliphatic heterocycles. The molecule has 0 spiro atoms. The lowest BCUT2D eigenvalue weighted by atomic mass is 10.00. The van der Waals surface area contributed by atoms with Crippen molar-refractivity contribution in [2.24, 2.45) is 0 Å². The fourth-order valence-corrected chi connectivity index (χ4v) is 2.86. The Hall–Kier alpha value is -2.62. The van der Waals surface area contributed by atoms with Gasteiger partial charge in [0.2, 0.25) is 0 Å². The number of phenols is 1. The van der Waals surface area contributed by atoms with Crippen molar-refractivity contribution in [2.75, 3.05) is 13.7 Å². The molecule has 3 nitrogen and oxygen atoms in total. The van der Waals surface area contributed by atoms with Gasteiger partial charge in [0, 0.05) is 30.0 Å². The zero-order valence-corrected chi connectivity index (χ0v) is 15.3. The molecule has 0 heterocycles. The van der Waals surface area contributed by atoms with Crippen LogP contribution in [0.5, 0.6) is 11.5 Å². The number of benzene rings is 2. The van der Waals surface area contributed by atoms with E-state index in [9.17, 15) is 5.11 Å². The molecule has 2 N–H and O–H groups in total. The maximum absolute atomic E-state index is 10.5. The van der Waals surface area contributed by atoms with E-state index in [0.29, 0.717) is 5.75 Å². The zero-order valence-electron chi connectivity index (χ0n) is 15.3. The Bertz CT molecular complexity index is 831. The van der Waals surface area contributed by atoms with Crippen LogP contribution in [-0.4, -0.2) is 23.9 Å². The first-order valence-corrected chi connectivity index (χ1v) is 9.07. The number of phenolic OH excluding ortho intramolecular Hbond substituents is 1.